The molecule has 0 rings (SSSR count). The third kappa shape index (κ3) is 287000. The zero-order valence-corrected chi connectivity index (χ0v) is 65.4. The monoisotopic (exact) mass is 2040 g/mol. The van der Waals surface area contributed by atoms with Crippen molar-refractivity contribution >= 4 is 156 Å². The van der Waals surface area contributed by atoms with Gasteiger partial charge in [0.25, 0.3) is 0 Å². The van der Waals surface area contributed by atoms with Crippen LogP contribution < -0.4 is 30.8 Å². The van der Waals surface area contributed by atoms with Gasteiger partial charge in [-0.2, -0.15) is 0 Å². The summed E-state index contributed by atoms with van der Waals surface area (Å²) in [5.41, 5.74) is 0. The van der Waals surface area contributed by atoms with Crippen LogP contribution in [0.4, 0.5) is 0 Å². The van der Waals surface area contributed by atoms with Crippen LogP contribution in [0, 0.1) is 0 Å². The highest BCUT2D eigenvalue weighted by Crippen LogP contribution is 2.33. The minimum atomic E-state index is -4.64. The highest BCUT2D eigenvalue weighted by atomic mass is 31.2. The minimum Gasteiger partial charge on any atom is -0.344 e. The Balaban J connectivity index is -0.0000000278. The van der Waals surface area contributed by atoms with Gasteiger partial charge in [0.2, 0.25) is 0 Å². The lowest BCUT2D eigenvalue weighted by atomic mass is 14.0. The summed E-state index contributed by atoms with van der Waals surface area (Å²) in [5.74, 6) is 0. The molecule has 105 heavy (non-hydrogen) atoms. The molecule has 0 aliphatic rings. The maximum absolute atomic E-state index is 8.88. The van der Waals surface area contributed by atoms with Gasteiger partial charge in [-0.25, -0.2) is 91.3 Å². The van der Waals surface area contributed by atoms with Crippen molar-refractivity contribution in [3.8, 4) is 0 Å². The molecule has 0 aromatic heterocycles. The smallest absolute Gasteiger partial charge is 0.344 e. The van der Waals surface area contributed by atoms with Crippen molar-refractivity contribution in [2.24, 2.45) is 0 Å². The average molecular weight is 2050 g/mol. The number of phosphoric acid groups is 20. The van der Waals surface area contributed by atoms with Crippen molar-refractivity contribution in [1.29, 1.82) is 0 Å². The molecule has 0 atom stereocenters. The first-order chi connectivity index (χ1) is 40.0. The molecule has 85 nitrogen and oxygen atoms in total. The molecule has 0 fully saturated rings. The van der Waals surface area contributed by atoms with Crippen molar-refractivity contribution in [1.82, 2.24) is 30.8 Å². The number of hydrogen-bond donors (Lipinski definition) is 65. The molecule has 105 heteroatoms. The lowest BCUT2D eigenvalue weighted by Crippen LogP contribution is -1.66. The first-order valence-corrected chi connectivity index (χ1v) is 47.0. The van der Waals surface area contributed by atoms with E-state index in [2.05, 4.69) is 0 Å². The van der Waals surface area contributed by atoms with E-state index in [-0.39, 0.29) is 30.8 Å². The van der Waals surface area contributed by atoms with Crippen LogP contribution in [0.15, 0.2) is 0 Å². The van der Waals surface area contributed by atoms with Crippen molar-refractivity contribution in [2.75, 3.05) is 0 Å². The van der Waals surface area contributed by atoms with Crippen molar-refractivity contribution in [3.05, 3.63) is 0 Å². The van der Waals surface area contributed by atoms with Gasteiger partial charge in [0, 0.05) is 0 Å². The molecule has 0 heterocycles. The standard InChI is InChI=1S/5H3N.20H3O4P/c;;;;;20*1-5(2,3)4/h5*1H3;20*(H3,1,2,3,4). The minimum absolute atomic E-state index is 0. The highest BCUT2D eigenvalue weighted by molar-refractivity contribution is 7.49. The lowest BCUT2D eigenvalue weighted by molar-refractivity contribution is 0.272. The Morgan fingerprint density at radius 1 is 0.0667 bits per heavy atom. The summed E-state index contributed by atoms with van der Waals surface area (Å²) in [4.78, 5) is 431. The predicted molar refractivity (Wildman–Crippen MR) is 310 cm³/mol. The van der Waals surface area contributed by atoms with E-state index in [1.54, 1.807) is 0 Å². The first-order valence-electron chi connectivity index (χ1n) is 15.7. The molecule has 0 spiro atoms. The van der Waals surface area contributed by atoms with Gasteiger partial charge in [-0.3, -0.25) is 0 Å². The average Bonchev–Trinajstić information content (AvgIpc) is 2.87. The normalized spacial score (nSPS) is 11.2. The Labute approximate surface area is 571 Å². The van der Waals surface area contributed by atoms with Crippen LogP contribution >= 0.6 is 156 Å². The van der Waals surface area contributed by atoms with Crippen LogP contribution in [0.1, 0.15) is 0 Å². The lowest BCUT2D eigenvalue weighted by Gasteiger charge is -1.82. The van der Waals surface area contributed by atoms with Crippen LogP contribution in [0.2, 0.25) is 0 Å². The summed E-state index contributed by atoms with van der Waals surface area (Å²) in [6.45, 7) is 0. The molecule has 0 unspecified atom stereocenters. The number of rotatable bonds is 0. The van der Waals surface area contributed by atoms with Gasteiger partial charge >= 0.3 is 156 Å². The van der Waals surface area contributed by atoms with E-state index < -0.39 is 156 Å². The molecule has 0 saturated carbocycles. The van der Waals surface area contributed by atoms with Crippen molar-refractivity contribution in [3.63, 3.8) is 0 Å². The second-order valence-electron chi connectivity index (χ2n) is 10.3. The second kappa shape index (κ2) is 78.5. The maximum atomic E-state index is 8.88. The van der Waals surface area contributed by atoms with Crippen LogP contribution in [-0.4, -0.2) is 294 Å². The molecule has 0 aromatic rings. The van der Waals surface area contributed by atoms with E-state index in [4.69, 9.17) is 385 Å². The van der Waals surface area contributed by atoms with E-state index in [9.17, 15) is 0 Å². The topological polar surface area (TPSA) is 1730 Å². The molecule has 0 saturated heterocycles. The summed E-state index contributed by atoms with van der Waals surface area (Å²) in [6, 6.07) is 0. The fourth-order valence-corrected chi connectivity index (χ4v) is 0. The summed E-state index contributed by atoms with van der Waals surface area (Å²) >= 11 is 0. The Kier molecular flexibility index (Phi) is 134. The quantitative estimate of drug-likeness (QED) is 0.100. The SMILES string of the molecule is N.N.N.N.N.O=P(O)(O)O.O=P(O)(O)O.O=P(O)(O)O.O=P(O)(O)O.O=P(O)(O)O.O=P(O)(O)O.O=P(O)(O)O.O=P(O)(O)O.O=P(O)(O)O.O=P(O)(O)O.O=P(O)(O)O.O=P(O)(O)O.O=P(O)(O)O.O=P(O)(O)O.O=P(O)(O)O.O=P(O)(O)O.O=P(O)(O)O.O=P(O)(O)O.O=P(O)(O)O.O=P(O)(O)O. The largest absolute Gasteiger partial charge is 0.466 e. The summed E-state index contributed by atoms with van der Waals surface area (Å²) in [5, 5.41) is 0. The Morgan fingerprint density at radius 2 is 0.0667 bits per heavy atom. The highest BCUT2D eigenvalue weighted by Gasteiger charge is 2.08. The molecule has 0 aliphatic carbocycles. The summed E-state index contributed by atoms with van der Waals surface area (Å²) in [6.07, 6.45) is 0. The van der Waals surface area contributed by atoms with Crippen LogP contribution in [0.5, 0.6) is 0 Å². The summed E-state index contributed by atoms with van der Waals surface area (Å²) < 4.78 is 178. The third-order valence-corrected chi connectivity index (χ3v) is 0. The van der Waals surface area contributed by atoms with Gasteiger partial charge in [-0.15, -0.1) is 0 Å². The predicted octanol–water partition coefficient (Wildman–Crippen LogP) is -17.8. The van der Waals surface area contributed by atoms with Gasteiger partial charge in [0.15, 0.2) is 0 Å². The van der Waals surface area contributed by atoms with E-state index in [0.717, 1.165) is 0 Å². The maximum Gasteiger partial charge on any atom is 0.466 e. The molecule has 0 aliphatic heterocycles. The van der Waals surface area contributed by atoms with Gasteiger partial charge < -0.3 is 324 Å². The molecule has 0 bridgehead atoms. The van der Waals surface area contributed by atoms with Gasteiger partial charge in [0.1, 0.15) is 0 Å². The van der Waals surface area contributed by atoms with Gasteiger partial charge in [-0.05, 0) is 0 Å². The zero-order valence-electron chi connectivity index (χ0n) is 47.5. The van der Waals surface area contributed by atoms with Crippen molar-refractivity contribution in [2.45, 2.75) is 0 Å². The van der Waals surface area contributed by atoms with E-state index in [0.29, 0.717) is 0 Å². The molecular weight excluding hydrogens is 1970 g/mol. The molecule has 75 N–H and O–H groups in total. The van der Waals surface area contributed by atoms with Gasteiger partial charge in [0.05, 0.1) is 0 Å². The van der Waals surface area contributed by atoms with E-state index in [1.807, 2.05) is 0 Å². The Hall–Kier alpha value is 2.00. The second-order valence-corrected chi connectivity index (χ2v) is 30.8. The molecule has 0 amide bonds. The van der Waals surface area contributed by atoms with E-state index >= 15 is 0 Å². The first kappa shape index (κ1) is 179. The molecule has 680 valence electrons. The van der Waals surface area contributed by atoms with Crippen LogP contribution in [0.3, 0.4) is 0 Å². The van der Waals surface area contributed by atoms with E-state index in [1.165, 1.54) is 0 Å². The molecular formula is H75N5O80P20. The van der Waals surface area contributed by atoms with Crippen LogP contribution in [0.25, 0.3) is 0 Å². The number of hydrogen-bond acceptors (Lipinski definition) is 25. The fourth-order valence-electron chi connectivity index (χ4n) is 0. The van der Waals surface area contributed by atoms with Crippen LogP contribution in [-0.2, 0) is 91.3 Å². The Morgan fingerprint density at radius 3 is 0.0667 bits per heavy atom. The van der Waals surface area contributed by atoms with Gasteiger partial charge in [-0.1, -0.05) is 0 Å². The van der Waals surface area contributed by atoms with Crippen molar-refractivity contribution < 1.29 is 385 Å². The molecule has 0 radical (unpaired) electrons. The Bertz CT molecular complexity index is 1890. The zero-order chi connectivity index (χ0) is 90.0. The third-order valence-electron chi connectivity index (χ3n) is 0. The summed E-state index contributed by atoms with van der Waals surface area (Å²) in [7, 11) is -92.8. The fraction of sp³-hybridized carbons (Fsp3) is 0. The molecule has 0 aromatic carbocycles.